The van der Waals surface area contributed by atoms with Crippen LogP contribution in [0.2, 0.25) is 5.02 Å². The number of nitrogens with one attached hydrogen (secondary N) is 1. The van der Waals surface area contributed by atoms with E-state index in [2.05, 4.69) is 21.2 Å². The number of likely N-dealkylation sites (N-methyl/N-ethyl adjacent to an activating group) is 1. The van der Waals surface area contributed by atoms with Crippen LogP contribution in [-0.2, 0) is 11.3 Å². The first-order valence-electron chi connectivity index (χ1n) is 8.34. The third-order valence-corrected chi connectivity index (χ3v) is 4.91. The Hall–Kier alpha value is -1.85. The van der Waals surface area contributed by atoms with Crippen molar-refractivity contribution in [1.82, 2.24) is 10.2 Å². The molecule has 0 bridgehead atoms. The Balaban J connectivity index is 2.10. The van der Waals surface area contributed by atoms with E-state index >= 15 is 0 Å². The minimum atomic E-state index is -0.626. The summed E-state index contributed by atoms with van der Waals surface area (Å²) in [5.41, 5.74) is 1.38. The Labute approximate surface area is 167 Å². The quantitative estimate of drug-likeness (QED) is 0.722. The van der Waals surface area contributed by atoms with E-state index in [1.807, 2.05) is 38.1 Å². The molecule has 0 aliphatic heterocycles. The highest BCUT2D eigenvalue weighted by Crippen LogP contribution is 2.17. The van der Waals surface area contributed by atoms with E-state index in [-0.39, 0.29) is 17.7 Å². The molecule has 0 radical (unpaired) electrons. The molecule has 0 unspecified atom stereocenters. The molecule has 2 rings (SSSR count). The zero-order valence-electron chi connectivity index (χ0n) is 15.0. The summed E-state index contributed by atoms with van der Waals surface area (Å²) in [5, 5.41) is 3.19. The van der Waals surface area contributed by atoms with Crippen molar-refractivity contribution in [1.29, 1.82) is 0 Å². The van der Waals surface area contributed by atoms with E-state index in [9.17, 15) is 9.59 Å². The minimum Gasteiger partial charge on any atom is -0.340 e. The minimum absolute atomic E-state index is 0.0543. The van der Waals surface area contributed by atoms with E-state index in [4.69, 9.17) is 11.6 Å². The van der Waals surface area contributed by atoms with Gasteiger partial charge in [0.2, 0.25) is 5.91 Å². The standard InChI is InChI=1S/C20H22BrClN2O2/c1-13(2)18(23-19(25)16-6-4-5-7-17(16)22)20(26)24(3)12-14-8-10-15(21)11-9-14/h4-11,13,18H,12H2,1-3H3,(H,23,25)/t18-/m0/s1. The Morgan fingerprint density at radius 1 is 1.12 bits per heavy atom. The molecular formula is C20H22BrClN2O2. The third-order valence-electron chi connectivity index (χ3n) is 4.05. The fourth-order valence-electron chi connectivity index (χ4n) is 2.56. The Kier molecular flexibility index (Phi) is 7.23. The van der Waals surface area contributed by atoms with E-state index in [1.165, 1.54) is 0 Å². The van der Waals surface area contributed by atoms with Crippen molar-refractivity contribution < 1.29 is 9.59 Å². The Bertz CT molecular complexity index is 778. The number of hydrogen-bond donors (Lipinski definition) is 1. The summed E-state index contributed by atoms with van der Waals surface area (Å²) in [7, 11) is 1.74. The molecule has 0 fully saturated rings. The van der Waals surface area contributed by atoms with Gasteiger partial charge in [-0.2, -0.15) is 0 Å². The molecule has 138 valence electrons. The molecule has 2 aromatic carbocycles. The molecule has 4 nitrogen and oxygen atoms in total. The second-order valence-corrected chi connectivity index (χ2v) is 7.82. The van der Waals surface area contributed by atoms with Crippen LogP contribution in [0.1, 0.15) is 29.8 Å². The normalized spacial score (nSPS) is 11.9. The topological polar surface area (TPSA) is 49.4 Å². The van der Waals surface area contributed by atoms with Crippen molar-refractivity contribution in [2.24, 2.45) is 5.92 Å². The molecule has 1 N–H and O–H groups in total. The lowest BCUT2D eigenvalue weighted by Gasteiger charge is -2.27. The third kappa shape index (κ3) is 5.32. The van der Waals surface area contributed by atoms with Crippen LogP contribution in [0.15, 0.2) is 53.0 Å². The molecule has 1 atom stereocenters. The monoisotopic (exact) mass is 436 g/mol. The van der Waals surface area contributed by atoms with Gasteiger partial charge in [-0.25, -0.2) is 0 Å². The van der Waals surface area contributed by atoms with E-state index in [0.29, 0.717) is 17.1 Å². The molecule has 6 heteroatoms. The van der Waals surface area contributed by atoms with Gasteiger partial charge in [0.15, 0.2) is 0 Å². The number of amides is 2. The van der Waals surface area contributed by atoms with Gasteiger partial charge < -0.3 is 10.2 Å². The number of carbonyl (C=O) groups excluding carboxylic acids is 2. The van der Waals surface area contributed by atoms with Crippen molar-refractivity contribution in [3.05, 3.63) is 69.2 Å². The highest BCUT2D eigenvalue weighted by Gasteiger charge is 2.27. The molecule has 0 aliphatic carbocycles. The van der Waals surface area contributed by atoms with Crippen LogP contribution in [0.5, 0.6) is 0 Å². The van der Waals surface area contributed by atoms with Gasteiger partial charge in [0.05, 0.1) is 10.6 Å². The molecule has 0 heterocycles. The van der Waals surface area contributed by atoms with Gasteiger partial charge in [-0.1, -0.05) is 65.6 Å². The summed E-state index contributed by atoms with van der Waals surface area (Å²) in [6.07, 6.45) is 0. The van der Waals surface area contributed by atoms with E-state index < -0.39 is 6.04 Å². The lowest BCUT2D eigenvalue weighted by Crippen LogP contribution is -2.50. The maximum atomic E-state index is 12.9. The average molecular weight is 438 g/mol. The van der Waals surface area contributed by atoms with Crippen LogP contribution < -0.4 is 5.32 Å². The smallest absolute Gasteiger partial charge is 0.253 e. The first-order chi connectivity index (χ1) is 12.3. The summed E-state index contributed by atoms with van der Waals surface area (Å²) < 4.78 is 0.988. The predicted octanol–water partition coefficient (Wildman–Crippen LogP) is 4.52. The molecule has 0 saturated heterocycles. The molecule has 26 heavy (non-hydrogen) atoms. The van der Waals surface area contributed by atoms with Crippen molar-refractivity contribution in [2.75, 3.05) is 7.05 Å². The zero-order valence-corrected chi connectivity index (χ0v) is 17.3. The largest absolute Gasteiger partial charge is 0.340 e. The number of hydrogen-bond acceptors (Lipinski definition) is 2. The van der Waals surface area contributed by atoms with E-state index in [0.717, 1.165) is 10.0 Å². The Morgan fingerprint density at radius 3 is 2.31 bits per heavy atom. The second kappa shape index (κ2) is 9.19. The molecule has 2 amide bonds. The SMILES string of the molecule is CC(C)[C@H](NC(=O)c1ccccc1Cl)C(=O)N(C)Cc1ccc(Br)cc1. The fourth-order valence-corrected chi connectivity index (χ4v) is 3.04. The first kappa shape index (κ1) is 20.5. The average Bonchev–Trinajstić information content (AvgIpc) is 2.61. The number of halogens is 2. The predicted molar refractivity (Wildman–Crippen MR) is 108 cm³/mol. The molecule has 0 aliphatic rings. The maximum absolute atomic E-state index is 12.9. The number of rotatable bonds is 6. The maximum Gasteiger partial charge on any atom is 0.253 e. The number of benzene rings is 2. The molecule has 0 aromatic heterocycles. The molecular weight excluding hydrogens is 416 g/mol. The molecule has 0 spiro atoms. The van der Waals surface area contributed by atoms with E-state index in [1.54, 1.807) is 36.2 Å². The van der Waals surface area contributed by atoms with Gasteiger partial charge in [-0.15, -0.1) is 0 Å². The van der Waals surface area contributed by atoms with Gasteiger partial charge >= 0.3 is 0 Å². The fraction of sp³-hybridized carbons (Fsp3) is 0.300. The molecule has 0 saturated carbocycles. The number of carbonyl (C=O) groups is 2. The van der Waals surface area contributed by atoms with Crippen molar-refractivity contribution in [2.45, 2.75) is 26.4 Å². The Morgan fingerprint density at radius 2 is 1.73 bits per heavy atom. The second-order valence-electron chi connectivity index (χ2n) is 6.50. The lowest BCUT2D eigenvalue weighted by atomic mass is 10.0. The zero-order chi connectivity index (χ0) is 19.3. The van der Waals surface area contributed by atoms with Crippen molar-refractivity contribution in [3.63, 3.8) is 0 Å². The molecule has 2 aromatic rings. The number of nitrogens with zero attached hydrogens (tertiary/aromatic N) is 1. The first-order valence-corrected chi connectivity index (χ1v) is 9.51. The van der Waals surface area contributed by atoms with Gasteiger partial charge in [0.1, 0.15) is 6.04 Å². The van der Waals surface area contributed by atoms with Gasteiger partial charge in [-0.3, -0.25) is 9.59 Å². The highest BCUT2D eigenvalue weighted by atomic mass is 79.9. The summed E-state index contributed by atoms with van der Waals surface area (Å²) >= 11 is 9.48. The highest BCUT2D eigenvalue weighted by molar-refractivity contribution is 9.10. The summed E-state index contributed by atoms with van der Waals surface area (Å²) in [6.45, 7) is 4.28. The van der Waals surface area contributed by atoms with Gasteiger partial charge in [-0.05, 0) is 35.7 Å². The van der Waals surface area contributed by atoms with Crippen molar-refractivity contribution >= 4 is 39.3 Å². The van der Waals surface area contributed by atoms with Crippen LogP contribution in [0.4, 0.5) is 0 Å². The van der Waals surface area contributed by atoms with Crippen LogP contribution in [0, 0.1) is 5.92 Å². The van der Waals surface area contributed by atoms with Crippen molar-refractivity contribution in [3.8, 4) is 0 Å². The summed E-state index contributed by atoms with van der Waals surface area (Å²) in [5.74, 6) is -0.538. The van der Waals surface area contributed by atoms with Gasteiger partial charge in [0, 0.05) is 18.1 Å². The van der Waals surface area contributed by atoms with Crippen LogP contribution in [0.3, 0.4) is 0 Å². The summed E-state index contributed by atoms with van der Waals surface area (Å²) in [6, 6.07) is 14.0. The van der Waals surface area contributed by atoms with Gasteiger partial charge in [0.25, 0.3) is 5.91 Å². The lowest BCUT2D eigenvalue weighted by molar-refractivity contribution is -0.133. The van der Waals surface area contributed by atoms with Crippen LogP contribution >= 0.6 is 27.5 Å². The summed E-state index contributed by atoms with van der Waals surface area (Å²) in [4.78, 5) is 27.0. The van der Waals surface area contributed by atoms with Crippen LogP contribution in [0.25, 0.3) is 0 Å². The van der Waals surface area contributed by atoms with Crippen LogP contribution in [-0.4, -0.2) is 29.8 Å².